The number of esters is 1. The topological polar surface area (TPSA) is 55.4 Å². The van der Waals surface area contributed by atoms with Crippen molar-refractivity contribution in [3.63, 3.8) is 0 Å². The van der Waals surface area contributed by atoms with Gasteiger partial charge in [0.15, 0.2) is 6.61 Å². The van der Waals surface area contributed by atoms with E-state index in [-0.39, 0.29) is 24.9 Å². The van der Waals surface area contributed by atoms with Crippen molar-refractivity contribution in [2.24, 2.45) is 0 Å². The summed E-state index contributed by atoms with van der Waals surface area (Å²) in [5.74, 6) is -0.0457. The van der Waals surface area contributed by atoms with Gasteiger partial charge in [0.1, 0.15) is 0 Å². The second kappa shape index (κ2) is 10.4. The molecule has 0 fully saturated rings. The molecule has 2 aromatic rings. The van der Waals surface area contributed by atoms with Crippen LogP contribution in [0.25, 0.3) is 0 Å². The number of halogens is 1. The lowest BCUT2D eigenvalue weighted by molar-refractivity contribution is -0.148. The Morgan fingerprint density at radius 2 is 2.00 bits per heavy atom. The molecule has 128 valence electrons. The van der Waals surface area contributed by atoms with Gasteiger partial charge in [0.2, 0.25) is 0 Å². The fourth-order valence-corrected chi connectivity index (χ4v) is 3.50. The number of amides is 1. The first-order chi connectivity index (χ1) is 11.6. The third-order valence-electron chi connectivity index (χ3n) is 3.03. The average molecular weight is 384 g/mol. The number of thiophene rings is 1. The SMILES string of the molecule is O=C(COC(=O)CCSc1ccc(Cl)cc1)NCCc1cccs1. The number of rotatable bonds is 9. The number of hydrogen-bond acceptors (Lipinski definition) is 5. The molecule has 4 nitrogen and oxygen atoms in total. The number of ether oxygens (including phenoxy) is 1. The minimum absolute atomic E-state index is 0.227. The third-order valence-corrected chi connectivity index (χ3v) is 5.23. The molecule has 0 aliphatic heterocycles. The molecule has 0 atom stereocenters. The molecule has 1 heterocycles. The van der Waals surface area contributed by atoms with E-state index in [2.05, 4.69) is 5.32 Å². The first-order valence-electron chi connectivity index (χ1n) is 7.46. The summed E-state index contributed by atoms with van der Waals surface area (Å²) in [6, 6.07) is 11.4. The fraction of sp³-hybridized carbons (Fsp3) is 0.294. The first kappa shape index (κ1) is 18.8. The average Bonchev–Trinajstić information content (AvgIpc) is 3.08. The lowest BCUT2D eigenvalue weighted by Crippen LogP contribution is -2.30. The molecule has 1 N–H and O–H groups in total. The van der Waals surface area contributed by atoms with Crippen molar-refractivity contribution in [2.75, 3.05) is 18.9 Å². The number of carbonyl (C=O) groups is 2. The Morgan fingerprint density at radius 3 is 2.71 bits per heavy atom. The highest BCUT2D eigenvalue weighted by atomic mass is 35.5. The molecule has 0 spiro atoms. The van der Waals surface area contributed by atoms with Crippen molar-refractivity contribution in [2.45, 2.75) is 17.7 Å². The monoisotopic (exact) mass is 383 g/mol. The van der Waals surface area contributed by atoms with Gasteiger partial charge in [0, 0.05) is 27.1 Å². The van der Waals surface area contributed by atoms with Crippen LogP contribution in [0.2, 0.25) is 5.02 Å². The summed E-state index contributed by atoms with van der Waals surface area (Å²) in [6.45, 7) is 0.318. The van der Waals surface area contributed by atoms with Crippen LogP contribution in [0, 0.1) is 0 Å². The lowest BCUT2D eigenvalue weighted by atomic mass is 10.3. The van der Waals surface area contributed by atoms with Gasteiger partial charge in [-0.25, -0.2) is 0 Å². The van der Waals surface area contributed by atoms with Crippen LogP contribution in [0.5, 0.6) is 0 Å². The largest absolute Gasteiger partial charge is 0.456 e. The van der Waals surface area contributed by atoms with Crippen LogP contribution in [-0.4, -0.2) is 30.8 Å². The van der Waals surface area contributed by atoms with E-state index in [1.807, 2.05) is 41.8 Å². The second-order valence-electron chi connectivity index (χ2n) is 4.89. The number of carbonyl (C=O) groups excluding carboxylic acids is 2. The molecule has 0 saturated carbocycles. The molecule has 2 rings (SSSR count). The summed E-state index contributed by atoms with van der Waals surface area (Å²) < 4.78 is 4.97. The zero-order valence-corrected chi connectivity index (χ0v) is 15.4. The molecular formula is C17H18ClNO3S2. The van der Waals surface area contributed by atoms with Crippen LogP contribution in [0.3, 0.4) is 0 Å². The smallest absolute Gasteiger partial charge is 0.307 e. The quantitative estimate of drug-likeness (QED) is 0.528. The normalized spacial score (nSPS) is 10.4. The summed E-state index contributed by atoms with van der Waals surface area (Å²) in [5, 5.41) is 5.42. The highest BCUT2D eigenvalue weighted by Crippen LogP contribution is 2.20. The van der Waals surface area contributed by atoms with Crippen molar-refractivity contribution < 1.29 is 14.3 Å². The van der Waals surface area contributed by atoms with Crippen LogP contribution in [0.1, 0.15) is 11.3 Å². The summed E-state index contributed by atoms with van der Waals surface area (Å²) in [5.41, 5.74) is 0. The van der Waals surface area contributed by atoms with Crippen LogP contribution in [-0.2, 0) is 20.7 Å². The zero-order valence-electron chi connectivity index (χ0n) is 13.0. The third kappa shape index (κ3) is 7.38. The van der Waals surface area contributed by atoms with E-state index in [1.54, 1.807) is 23.1 Å². The van der Waals surface area contributed by atoms with E-state index in [9.17, 15) is 9.59 Å². The molecular weight excluding hydrogens is 366 g/mol. The molecule has 0 bridgehead atoms. The maximum atomic E-state index is 11.6. The number of hydrogen-bond donors (Lipinski definition) is 1. The minimum atomic E-state index is -0.370. The number of nitrogens with one attached hydrogen (secondary N) is 1. The fourth-order valence-electron chi connectivity index (χ4n) is 1.83. The Balaban J connectivity index is 1.53. The highest BCUT2D eigenvalue weighted by molar-refractivity contribution is 7.99. The molecule has 0 aliphatic carbocycles. The number of thioether (sulfide) groups is 1. The second-order valence-corrected chi connectivity index (χ2v) is 7.53. The van der Waals surface area contributed by atoms with Crippen LogP contribution in [0.15, 0.2) is 46.7 Å². The molecule has 1 aromatic heterocycles. The van der Waals surface area contributed by atoms with Crippen molar-refractivity contribution >= 4 is 46.6 Å². The van der Waals surface area contributed by atoms with E-state index in [1.165, 1.54) is 4.88 Å². The molecule has 24 heavy (non-hydrogen) atoms. The van der Waals surface area contributed by atoms with Crippen molar-refractivity contribution in [1.82, 2.24) is 5.32 Å². The molecule has 0 aliphatic rings. The van der Waals surface area contributed by atoms with Gasteiger partial charge in [-0.15, -0.1) is 23.1 Å². The predicted molar refractivity (Wildman–Crippen MR) is 98.8 cm³/mol. The maximum Gasteiger partial charge on any atom is 0.307 e. The van der Waals surface area contributed by atoms with Gasteiger partial charge in [0.05, 0.1) is 6.42 Å². The van der Waals surface area contributed by atoms with Crippen molar-refractivity contribution in [1.29, 1.82) is 0 Å². The van der Waals surface area contributed by atoms with Gasteiger partial charge in [0.25, 0.3) is 5.91 Å². The Bertz CT molecular complexity index is 644. The Morgan fingerprint density at radius 1 is 1.21 bits per heavy atom. The van der Waals surface area contributed by atoms with Gasteiger partial charge < -0.3 is 10.1 Å². The summed E-state index contributed by atoms with van der Waals surface area (Å²) in [6.07, 6.45) is 1.05. The summed E-state index contributed by atoms with van der Waals surface area (Å²) in [4.78, 5) is 25.5. The van der Waals surface area contributed by atoms with Crippen LogP contribution < -0.4 is 5.32 Å². The van der Waals surface area contributed by atoms with Crippen LogP contribution >= 0.6 is 34.7 Å². The number of benzene rings is 1. The van der Waals surface area contributed by atoms with Gasteiger partial charge in [-0.1, -0.05) is 17.7 Å². The predicted octanol–water partition coefficient (Wildman–Crippen LogP) is 3.79. The van der Waals surface area contributed by atoms with Gasteiger partial charge in [-0.05, 0) is 42.1 Å². The minimum Gasteiger partial charge on any atom is -0.456 e. The van der Waals surface area contributed by atoms with Gasteiger partial charge in [-0.2, -0.15) is 0 Å². The standard InChI is InChI=1S/C17H18ClNO3S2/c18-13-3-5-15(6-4-13)24-11-8-17(21)22-12-16(20)19-9-7-14-2-1-10-23-14/h1-6,10H,7-9,11-12H2,(H,19,20). The van der Waals surface area contributed by atoms with Gasteiger partial charge in [-0.3, -0.25) is 9.59 Å². The van der Waals surface area contributed by atoms with E-state index >= 15 is 0 Å². The highest BCUT2D eigenvalue weighted by Gasteiger charge is 2.07. The van der Waals surface area contributed by atoms with E-state index in [4.69, 9.17) is 16.3 Å². The van der Waals surface area contributed by atoms with Crippen molar-refractivity contribution in [3.05, 3.63) is 51.7 Å². The Kier molecular flexibility index (Phi) is 8.15. The molecule has 1 aromatic carbocycles. The van der Waals surface area contributed by atoms with Crippen molar-refractivity contribution in [3.8, 4) is 0 Å². The zero-order chi connectivity index (χ0) is 17.2. The van der Waals surface area contributed by atoms with Gasteiger partial charge >= 0.3 is 5.97 Å². The van der Waals surface area contributed by atoms with E-state index in [0.29, 0.717) is 17.3 Å². The lowest BCUT2D eigenvalue weighted by Gasteiger charge is -2.06. The molecule has 7 heteroatoms. The Labute approximate surface area is 154 Å². The molecule has 1 amide bonds. The molecule has 0 radical (unpaired) electrons. The maximum absolute atomic E-state index is 11.6. The molecule has 0 saturated heterocycles. The molecule has 0 unspecified atom stereocenters. The van der Waals surface area contributed by atoms with Crippen LogP contribution in [0.4, 0.5) is 0 Å². The summed E-state index contributed by atoms with van der Waals surface area (Å²) in [7, 11) is 0. The first-order valence-corrected chi connectivity index (χ1v) is 9.71. The van der Waals surface area contributed by atoms with E-state index in [0.717, 1.165) is 11.3 Å². The van der Waals surface area contributed by atoms with E-state index < -0.39 is 0 Å². The summed E-state index contributed by atoms with van der Waals surface area (Å²) >= 11 is 9.01. The Hall–Kier alpha value is -1.50.